The molecule has 0 bridgehead atoms. The van der Waals surface area contributed by atoms with Crippen molar-refractivity contribution in [1.29, 1.82) is 0 Å². The zero-order chi connectivity index (χ0) is 2.71. The molecule has 0 aromatic rings. The molecule has 5 heteroatoms. The van der Waals surface area contributed by atoms with E-state index in [9.17, 15) is 0 Å². The SMILES string of the molecule is C[C-]=O.[CH3-].[CH3-].[CH3-].[CH3-].[CH3-].[CH3-].[CH3-].[K+].[K+].[K+].[K+]. The molecule has 14 heavy (non-hydrogen) atoms. The molecule has 0 unspecified atom stereocenters. The van der Waals surface area contributed by atoms with Gasteiger partial charge in [-0.15, -0.1) is 0 Å². The first-order valence-corrected chi connectivity index (χ1v) is 0.704. The molecule has 0 aliphatic carbocycles. The van der Waals surface area contributed by atoms with Gasteiger partial charge < -0.3 is 56.8 Å². The maximum atomic E-state index is 8.68. The van der Waals surface area contributed by atoms with Gasteiger partial charge in [-0.2, -0.15) is 6.92 Å². The van der Waals surface area contributed by atoms with E-state index in [-0.39, 0.29) is 258 Å². The maximum Gasteiger partial charge on any atom is 1.00 e. The summed E-state index contributed by atoms with van der Waals surface area (Å²) in [6.45, 7) is 1.32. The molecular formula is C9H24K4O-4. The minimum atomic E-state index is 0. The van der Waals surface area contributed by atoms with Gasteiger partial charge in [-0.25, -0.2) is 0 Å². The molecule has 1 nitrogen and oxygen atoms in total. The van der Waals surface area contributed by atoms with Crippen LogP contribution in [0.3, 0.4) is 0 Å². The minimum absolute atomic E-state index is 0. The fourth-order valence-electron chi connectivity index (χ4n) is 0. The fourth-order valence-corrected chi connectivity index (χ4v) is 0. The van der Waals surface area contributed by atoms with Gasteiger partial charge in [0.2, 0.25) is 0 Å². The van der Waals surface area contributed by atoms with Gasteiger partial charge in [0.1, 0.15) is 0 Å². The molecular weight excluding hydrogens is 280 g/mol. The Morgan fingerprint density at radius 1 is 0.571 bits per heavy atom. The Balaban J connectivity index is -0.000000000364. The summed E-state index contributed by atoms with van der Waals surface area (Å²) in [4.78, 5) is 8.68. The van der Waals surface area contributed by atoms with E-state index in [1.165, 1.54) is 13.2 Å². The molecule has 0 radical (unpaired) electrons. The van der Waals surface area contributed by atoms with Gasteiger partial charge in [-0.3, -0.25) is 6.29 Å². The molecule has 0 N–H and O–H groups in total. The quantitative estimate of drug-likeness (QED) is 0.321. The first-order chi connectivity index (χ1) is 1.41. The smallest absolute Gasteiger partial charge is 0.542 e. The summed E-state index contributed by atoms with van der Waals surface area (Å²) in [5, 5.41) is 0. The van der Waals surface area contributed by atoms with Crippen molar-refractivity contribution in [3.05, 3.63) is 52.0 Å². The van der Waals surface area contributed by atoms with Crippen molar-refractivity contribution in [2.75, 3.05) is 0 Å². The molecule has 0 aliphatic heterocycles. The summed E-state index contributed by atoms with van der Waals surface area (Å²) in [5.41, 5.74) is 0. The van der Waals surface area contributed by atoms with Crippen molar-refractivity contribution >= 4 is 6.29 Å². The van der Waals surface area contributed by atoms with Crippen LogP contribution in [0, 0.1) is 52.0 Å². The maximum absolute atomic E-state index is 8.68. The number of hydrogen-bond acceptors (Lipinski definition) is 1. The van der Waals surface area contributed by atoms with Gasteiger partial charge in [-0.05, 0) is 0 Å². The summed E-state index contributed by atoms with van der Waals surface area (Å²) in [6.07, 6.45) is 1.50. The summed E-state index contributed by atoms with van der Waals surface area (Å²) >= 11 is 0. The van der Waals surface area contributed by atoms with Crippen LogP contribution in [0.1, 0.15) is 6.92 Å². The Hall–Kier alpha value is 6.22. The van der Waals surface area contributed by atoms with Crippen LogP contribution < -0.4 is 206 Å². The van der Waals surface area contributed by atoms with Crippen molar-refractivity contribution < 1.29 is 210 Å². The molecule has 0 aromatic carbocycles. The monoisotopic (exact) mass is 304 g/mol. The molecule has 74 valence electrons. The van der Waals surface area contributed by atoms with Crippen LogP contribution in [0.2, 0.25) is 0 Å². The van der Waals surface area contributed by atoms with Crippen molar-refractivity contribution in [3.63, 3.8) is 0 Å². The van der Waals surface area contributed by atoms with E-state index in [4.69, 9.17) is 4.79 Å². The van der Waals surface area contributed by atoms with Crippen molar-refractivity contribution in [3.8, 4) is 0 Å². The molecule has 0 rings (SSSR count). The van der Waals surface area contributed by atoms with Crippen LogP contribution in [-0.2, 0) is 4.79 Å². The van der Waals surface area contributed by atoms with Crippen molar-refractivity contribution in [2.45, 2.75) is 6.92 Å². The Morgan fingerprint density at radius 3 is 0.571 bits per heavy atom. The van der Waals surface area contributed by atoms with E-state index >= 15 is 0 Å². The topological polar surface area (TPSA) is 17.1 Å². The average Bonchev–Trinajstić information content (AvgIpc) is 0.918. The molecule has 0 saturated heterocycles. The Bertz CT molecular complexity index is 24.3. The van der Waals surface area contributed by atoms with Crippen LogP contribution in [-0.4, -0.2) is 6.29 Å². The second-order valence-corrected chi connectivity index (χ2v) is 0.204. The summed E-state index contributed by atoms with van der Waals surface area (Å²) < 4.78 is 0. The largest absolute Gasteiger partial charge is 1.00 e. The zero-order valence-corrected chi connectivity index (χ0v) is 25.4. The van der Waals surface area contributed by atoms with Gasteiger partial charge in [0.05, 0.1) is 0 Å². The molecule has 0 spiro atoms. The third-order valence-corrected chi connectivity index (χ3v) is 0. The van der Waals surface area contributed by atoms with E-state index in [0.717, 1.165) is 0 Å². The van der Waals surface area contributed by atoms with Crippen LogP contribution in [0.5, 0.6) is 0 Å². The molecule has 0 amide bonds. The Kier molecular flexibility index (Phi) is 967. The first kappa shape index (κ1) is 111. The molecule has 0 fully saturated rings. The van der Waals surface area contributed by atoms with Crippen molar-refractivity contribution in [2.24, 2.45) is 0 Å². The van der Waals surface area contributed by atoms with E-state index in [1.807, 2.05) is 0 Å². The van der Waals surface area contributed by atoms with Crippen LogP contribution >= 0.6 is 0 Å². The Morgan fingerprint density at radius 2 is 0.571 bits per heavy atom. The van der Waals surface area contributed by atoms with E-state index in [0.29, 0.717) is 0 Å². The van der Waals surface area contributed by atoms with Crippen molar-refractivity contribution in [1.82, 2.24) is 0 Å². The van der Waals surface area contributed by atoms with Gasteiger partial charge >= 0.3 is 206 Å². The third kappa shape index (κ3) is 140. The summed E-state index contributed by atoms with van der Waals surface area (Å²) in [7, 11) is 0. The van der Waals surface area contributed by atoms with E-state index < -0.39 is 0 Å². The molecule has 0 saturated carbocycles. The number of rotatable bonds is 0. The van der Waals surface area contributed by atoms with E-state index in [2.05, 4.69) is 0 Å². The first-order valence-electron chi connectivity index (χ1n) is 0.704. The third-order valence-electron chi connectivity index (χ3n) is 0. The second kappa shape index (κ2) is 122. The Labute approximate surface area is 267 Å². The predicted octanol–water partition coefficient (Wildman–Crippen LogP) is -8.72. The van der Waals surface area contributed by atoms with E-state index in [1.54, 1.807) is 0 Å². The van der Waals surface area contributed by atoms with Crippen LogP contribution in [0.15, 0.2) is 0 Å². The second-order valence-electron chi connectivity index (χ2n) is 0.204. The van der Waals surface area contributed by atoms with Gasteiger partial charge in [0.15, 0.2) is 0 Å². The fraction of sp³-hybridized carbons (Fsp3) is 0.111. The number of carbonyl (C=O) groups excluding carboxylic acids is 1. The minimum Gasteiger partial charge on any atom is -0.542 e. The van der Waals surface area contributed by atoms with Crippen LogP contribution in [0.25, 0.3) is 0 Å². The summed E-state index contributed by atoms with van der Waals surface area (Å²) in [6, 6.07) is 0. The molecule has 0 atom stereocenters. The molecule has 0 aliphatic rings. The summed E-state index contributed by atoms with van der Waals surface area (Å²) in [5.74, 6) is 0. The standard InChI is InChI=1S/C2H3O.7CH3.4K/c1-2-3;;;;;;;;;;;/h1H3;7*1H3;;;;/q8*-1;4*+1. The number of hydrogen-bond donors (Lipinski definition) is 0. The normalized spacial score (nSPS) is 0.929. The molecule has 0 aromatic heterocycles. The predicted molar refractivity (Wildman–Crippen MR) is 56.3 cm³/mol. The van der Waals surface area contributed by atoms with Gasteiger partial charge in [-0.1, -0.05) is 0 Å². The zero-order valence-electron chi connectivity index (χ0n) is 12.9. The van der Waals surface area contributed by atoms with Crippen LogP contribution in [0.4, 0.5) is 0 Å². The van der Waals surface area contributed by atoms with Gasteiger partial charge in [0, 0.05) is 0 Å². The molecule has 0 heterocycles. The average molecular weight is 305 g/mol. The van der Waals surface area contributed by atoms with Gasteiger partial charge in [0.25, 0.3) is 0 Å².